The van der Waals surface area contributed by atoms with Crippen molar-refractivity contribution >= 4 is 28.9 Å². The fourth-order valence-corrected chi connectivity index (χ4v) is 4.46. The number of thiophene rings is 1. The second kappa shape index (κ2) is 11.8. The maximum absolute atomic E-state index is 9.24. The molecular formula is C19H33ClN4OS. The molecule has 7 heteroatoms. The third kappa shape index (κ3) is 7.06. The molecule has 1 aliphatic heterocycles. The van der Waals surface area contributed by atoms with E-state index in [1.165, 1.54) is 4.88 Å². The minimum Gasteiger partial charge on any atom is -0.396 e. The van der Waals surface area contributed by atoms with Gasteiger partial charge in [0.25, 0.3) is 0 Å². The first kappa shape index (κ1) is 21.5. The predicted octanol–water partition coefficient (Wildman–Crippen LogP) is 3.28. The molecule has 5 nitrogen and oxygen atoms in total. The van der Waals surface area contributed by atoms with E-state index in [1.807, 2.05) is 6.07 Å². The van der Waals surface area contributed by atoms with Crippen molar-refractivity contribution in [2.45, 2.75) is 39.7 Å². The molecule has 2 heterocycles. The van der Waals surface area contributed by atoms with E-state index < -0.39 is 0 Å². The van der Waals surface area contributed by atoms with E-state index in [1.54, 1.807) is 11.3 Å². The van der Waals surface area contributed by atoms with Gasteiger partial charge in [-0.05, 0) is 37.8 Å². The number of hydrogen-bond acceptors (Lipinski definition) is 4. The standard InChI is InChI=1S/C19H33ClN4OS/c1-3-5-16(8-13-25)14-22-19(21-4-2)24-11-9-23(10-12-24)15-17-6-7-18(20)26-17/h6-7,16,25H,3-5,8-15H2,1-2H3,(H,21,22). The fourth-order valence-electron chi connectivity index (χ4n) is 3.33. The van der Waals surface area contributed by atoms with Gasteiger partial charge in [0.15, 0.2) is 5.96 Å². The normalized spacial score (nSPS) is 17.5. The summed E-state index contributed by atoms with van der Waals surface area (Å²) in [6.07, 6.45) is 3.11. The lowest BCUT2D eigenvalue weighted by atomic mass is 10.0. The molecule has 0 spiro atoms. The van der Waals surface area contributed by atoms with Gasteiger partial charge in [-0.1, -0.05) is 24.9 Å². The van der Waals surface area contributed by atoms with Crippen molar-refractivity contribution in [1.82, 2.24) is 15.1 Å². The van der Waals surface area contributed by atoms with Gasteiger partial charge < -0.3 is 15.3 Å². The Labute approximate surface area is 167 Å². The number of hydrogen-bond donors (Lipinski definition) is 2. The van der Waals surface area contributed by atoms with E-state index in [-0.39, 0.29) is 6.61 Å². The van der Waals surface area contributed by atoms with Crippen LogP contribution in [0.15, 0.2) is 17.1 Å². The lowest BCUT2D eigenvalue weighted by Crippen LogP contribution is -2.52. The Bertz CT molecular complexity index is 537. The molecule has 1 aromatic heterocycles. The van der Waals surface area contributed by atoms with Crippen molar-refractivity contribution in [3.05, 3.63) is 21.3 Å². The van der Waals surface area contributed by atoms with E-state index >= 15 is 0 Å². The number of nitrogens with zero attached hydrogens (tertiary/aromatic N) is 3. The number of guanidine groups is 1. The highest BCUT2D eigenvalue weighted by Gasteiger charge is 2.20. The summed E-state index contributed by atoms with van der Waals surface area (Å²) >= 11 is 7.71. The Kier molecular flexibility index (Phi) is 9.75. The van der Waals surface area contributed by atoms with Gasteiger partial charge in [-0.3, -0.25) is 9.89 Å². The Morgan fingerprint density at radius 1 is 1.27 bits per heavy atom. The Hall–Kier alpha value is -0.820. The molecule has 1 unspecified atom stereocenters. The Morgan fingerprint density at radius 2 is 2.04 bits per heavy atom. The molecule has 0 amide bonds. The van der Waals surface area contributed by atoms with Crippen molar-refractivity contribution in [3.63, 3.8) is 0 Å². The number of aliphatic imine (C=N–C) groups is 1. The van der Waals surface area contributed by atoms with Gasteiger partial charge in [0.05, 0.1) is 4.34 Å². The van der Waals surface area contributed by atoms with E-state index in [4.69, 9.17) is 16.6 Å². The van der Waals surface area contributed by atoms with Gasteiger partial charge in [-0.15, -0.1) is 11.3 Å². The summed E-state index contributed by atoms with van der Waals surface area (Å²) in [7, 11) is 0. The number of aliphatic hydroxyl groups excluding tert-OH is 1. The van der Waals surface area contributed by atoms with E-state index in [2.05, 4.69) is 35.0 Å². The van der Waals surface area contributed by atoms with Crippen molar-refractivity contribution < 1.29 is 5.11 Å². The molecule has 1 aliphatic rings. The van der Waals surface area contributed by atoms with Gasteiger partial charge in [0.1, 0.15) is 0 Å². The molecular weight excluding hydrogens is 368 g/mol. The number of rotatable bonds is 9. The molecule has 1 fully saturated rings. The number of nitrogens with one attached hydrogen (secondary N) is 1. The molecule has 0 bridgehead atoms. The van der Waals surface area contributed by atoms with Crippen molar-refractivity contribution in [2.75, 3.05) is 45.9 Å². The van der Waals surface area contributed by atoms with Crippen LogP contribution in [0.5, 0.6) is 0 Å². The van der Waals surface area contributed by atoms with E-state index in [9.17, 15) is 5.11 Å². The zero-order valence-electron chi connectivity index (χ0n) is 16.1. The second-order valence-electron chi connectivity index (χ2n) is 6.83. The topological polar surface area (TPSA) is 51.1 Å². The summed E-state index contributed by atoms with van der Waals surface area (Å²) in [5.74, 6) is 1.49. The van der Waals surface area contributed by atoms with Gasteiger partial charge in [0, 0.05) is 57.3 Å². The predicted molar refractivity (Wildman–Crippen MR) is 112 cm³/mol. The van der Waals surface area contributed by atoms with Crippen LogP contribution in [-0.4, -0.2) is 66.7 Å². The molecule has 0 aromatic carbocycles. The third-order valence-electron chi connectivity index (χ3n) is 4.75. The minimum atomic E-state index is 0.252. The smallest absolute Gasteiger partial charge is 0.194 e. The molecule has 0 radical (unpaired) electrons. The van der Waals surface area contributed by atoms with Crippen LogP contribution < -0.4 is 5.32 Å². The molecule has 0 aliphatic carbocycles. The first-order valence-corrected chi connectivity index (χ1v) is 11.0. The monoisotopic (exact) mass is 400 g/mol. The number of piperazine rings is 1. The van der Waals surface area contributed by atoms with Crippen LogP contribution >= 0.6 is 22.9 Å². The number of aliphatic hydroxyl groups is 1. The molecule has 0 saturated carbocycles. The van der Waals surface area contributed by atoms with E-state index in [0.29, 0.717) is 5.92 Å². The van der Waals surface area contributed by atoms with Gasteiger partial charge in [-0.2, -0.15) is 0 Å². The van der Waals surface area contributed by atoms with Crippen LogP contribution in [0.25, 0.3) is 0 Å². The molecule has 26 heavy (non-hydrogen) atoms. The second-order valence-corrected chi connectivity index (χ2v) is 8.63. The highest BCUT2D eigenvalue weighted by atomic mass is 35.5. The zero-order chi connectivity index (χ0) is 18.8. The molecule has 148 valence electrons. The average Bonchev–Trinajstić information content (AvgIpc) is 3.04. The summed E-state index contributed by atoms with van der Waals surface area (Å²) in [4.78, 5) is 11.0. The Balaban J connectivity index is 1.86. The van der Waals surface area contributed by atoms with Crippen LogP contribution in [0.4, 0.5) is 0 Å². The lowest BCUT2D eigenvalue weighted by molar-refractivity contribution is 0.173. The van der Waals surface area contributed by atoms with Gasteiger partial charge in [-0.25, -0.2) is 0 Å². The summed E-state index contributed by atoms with van der Waals surface area (Å²) in [5.41, 5.74) is 0. The van der Waals surface area contributed by atoms with Gasteiger partial charge >= 0.3 is 0 Å². The lowest BCUT2D eigenvalue weighted by Gasteiger charge is -2.36. The number of halogens is 1. The van der Waals surface area contributed by atoms with Crippen LogP contribution in [-0.2, 0) is 6.54 Å². The highest BCUT2D eigenvalue weighted by Crippen LogP contribution is 2.23. The minimum absolute atomic E-state index is 0.252. The van der Waals surface area contributed by atoms with Crippen molar-refractivity contribution in [2.24, 2.45) is 10.9 Å². The van der Waals surface area contributed by atoms with Crippen LogP contribution in [0.3, 0.4) is 0 Å². The molecule has 2 N–H and O–H groups in total. The third-order valence-corrected chi connectivity index (χ3v) is 5.96. The van der Waals surface area contributed by atoms with Crippen LogP contribution in [0, 0.1) is 5.92 Å². The zero-order valence-corrected chi connectivity index (χ0v) is 17.7. The Morgan fingerprint density at radius 3 is 2.62 bits per heavy atom. The summed E-state index contributed by atoms with van der Waals surface area (Å²) in [6.45, 7) is 11.3. The summed E-state index contributed by atoms with van der Waals surface area (Å²) in [5, 5.41) is 12.7. The largest absolute Gasteiger partial charge is 0.396 e. The molecule has 1 aromatic rings. The molecule has 1 atom stereocenters. The van der Waals surface area contributed by atoms with Crippen molar-refractivity contribution in [3.8, 4) is 0 Å². The van der Waals surface area contributed by atoms with Crippen LogP contribution in [0.1, 0.15) is 38.0 Å². The molecule has 1 saturated heterocycles. The van der Waals surface area contributed by atoms with Gasteiger partial charge in [0.2, 0.25) is 0 Å². The SMILES string of the molecule is CCCC(CCO)CN=C(NCC)N1CCN(Cc2ccc(Cl)s2)CC1. The fraction of sp³-hybridized carbons (Fsp3) is 0.737. The highest BCUT2D eigenvalue weighted by molar-refractivity contribution is 7.16. The average molecular weight is 401 g/mol. The molecule has 2 rings (SSSR count). The first-order chi connectivity index (χ1) is 12.7. The van der Waals surface area contributed by atoms with E-state index in [0.717, 1.165) is 75.4 Å². The summed E-state index contributed by atoms with van der Waals surface area (Å²) in [6, 6.07) is 4.10. The first-order valence-electron chi connectivity index (χ1n) is 9.76. The quantitative estimate of drug-likeness (QED) is 0.493. The maximum Gasteiger partial charge on any atom is 0.194 e. The summed E-state index contributed by atoms with van der Waals surface area (Å²) < 4.78 is 0.865. The van der Waals surface area contributed by atoms with Crippen LogP contribution in [0.2, 0.25) is 4.34 Å². The maximum atomic E-state index is 9.24. The van der Waals surface area contributed by atoms with Crippen molar-refractivity contribution in [1.29, 1.82) is 0 Å².